The summed E-state index contributed by atoms with van der Waals surface area (Å²) in [6.07, 6.45) is 0.892. The normalized spacial score (nSPS) is 11.9. The van der Waals surface area contributed by atoms with Gasteiger partial charge in [-0.2, -0.15) is 5.26 Å². The van der Waals surface area contributed by atoms with Crippen LogP contribution in [0.4, 0.5) is 4.39 Å². The summed E-state index contributed by atoms with van der Waals surface area (Å²) in [6.45, 7) is 3.97. The molecule has 21 heavy (non-hydrogen) atoms. The molecule has 108 valence electrons. The molecular weight excluding hydrogens is 267 g/mol. The standard InChI is InChI=1S/C17H17FN2O/c1-3-12(2)20-16(13-4-7-15(18)8-5-13)9-6-14(10-11-19)17(20)21/h4-9,12H,3,10H2,1-2H3. The van der Waals surface area contributed by atoms with E-state index in [9.17, 15) is 9.18 Å². The molecule has 0 aliphatic rings. The van der Waals surface area contributed by atoms with Crippen molar-refractivity contribution in [1.82, 2.24) is 4.57 Å². The Labute approximate surface area is 123 Å². The maximum atomic E-state index is 13.1. The molecule has 0 fully saturated rings. The minimum Gasteiger partial charge on any atom is -0.305 e. The van der Waals surface area contributed by atoms with Gasteiger partial charge in [-0.3, -0.25) is 4.79 Å². The highest BCUT2D eigenvalue weighted by atomic mass is 19.1. The minimum atomic E-state index is -0.308. The second-order valence-corrected chi connectivity index (χ2v) is 5.02. The van der Waals surface area contributed by atoms with Gasteiger partial charge in [-0.15, -0.1) is 0 Å². The fourth-order valence-corrected chi connectivity index (χ4v) is 2.29. The fraction of sp³-hybridized carbons (Fsp3) is 0.294. The Morgan fingerprint density at radius 1 is 1.24 bits per heavy atom. The predicted molar refractivity (Wildman–Crippen MR) is 80.4 cm³/mol. The highest BCUT2D eigenvalue weighted by molar-refractivity contribution is 5.60. The number of nitriles is 1. The Balaban J connectivity index is 2.66. The van der Waals surface area contributed by atoms with Crippen molar-refractivity contribution in [2.45, 2.75) is 32.7 Å². The minimum absolute atomic E-state index is 0.0104. The lowest BCUT2D eigenvalue weighted by molar-refractivity contribution is 0.517. The Morgan fingerprint density at radius 3 is 2.48 bits per heavy atom. The molecule has 1 aromatic heterocycles. The average molecular weight is 284 g/mol. The van der Waals surface area contributed by atoms with E-state index in [0.717, 1.165) is 17.7 Å². The van der Waals surface area contributed by atoms with E-state index in [0.29, 0.717) is 5.56 Å². The zero-order chi connectivity index (χ0) is 15.4. The van der Waals surface area contributed by atoms with Crippen molar-refractivity contribution in [2.75, 3.05) is 0 Å². The SMILES string of the molecule is CCC(C)n1c(-c2ccc(F)cc2)ccc(CC#N)c1=O. The number of benzene rings is 1. The quantitative estimate of drug-likeness (QED) is 0.859. The molecule has 1 atom stereocenters. The highest BCUT2D eigenvalue weighted by Crippen LogP contribution is 2.23. The second kappa shape index (κ2) is 6.36. The lowest BCUT2D eigenvalue weighted by Crippen LogP contribution is -2.27. The largest absolute Gasteiger partial charge is 0.305 e. The smallest absolute Gasteiger partial charge is 0.255 e. The molecule has 0 bridgehead atoms. The van der Waals surface area contributed by atoms with Crippen LogP contribution in [-0.4, -0.2) is 4.57 Å². The number of hydrogen-bond donors (Lipinski definition) is 0. The summed E-state index contributed by atoms with van der Waals surface area (Å²) in [5, 5.41) is 8.81. The summed E-state index contributed by atoms with van der Waals surface area (Å²) in [5.41, 5.74) is 1.88. The molecule has 0 radical (unpaired) electrons. The van der Waals surface area contributed by atoms with Crippen LogP contribution in [0.3, 0.4) is 0 Å². The van der Waals surface area contributed by atoms with Gasteiger partial charge in [0.25, 0.3) is 5.56 Å². The Hall–Kier alpha value is -2.41. The monoisotopic (exact) mass is 284 g/mol. The third kappa shape index (κ3) is 3.03. The molecule has 2 aromatic rings. The molecule has 1 unspecified atom stereocenters. The Kier molecular flexibility index (Phi) is 4.54. The highest BCUT2D eigenvalue weighted by Gasteiger charge is 2.14. The molecule has 0 saturated heterocycles. The first-order valence-corrected chi connectivity index (χ1v) is 6.95. The summed E-state index contributed by atoms with van der Waals surface area (Å²) in [4.78, 5) is 12.6. The molecule has 0 N–H and O–H groups in total. The van der Waals surface area contributed by atoms with E-state index in [1.807, 2.05) is 26.0 Å². The van der Waals surface area contributed by atoms with Gasteiger partial charge in [0.05, 0.1) is 18.2 Å². The second-order valence-electron chi connectivity index (χ2n) is 5.02. The number of rotatable bonds is 4. The number of nitrogens with zero attached hydrogens (tertiary/aromatic N) is 2. The lowest BCUT2D eigenvalue weighted by atomic mass is 10.1. The van der Waals surface area contributed by atoms with Crippen LogP contribution in [0, 0.1) is 17.1 Å². The van der Waals surface area contributed by atoms with Crippen molar-refractivity contribution < 1.29 is 4.39 Å². The van der Waals surface area contributed by atoms with Gasteiger partial charge >= 0.3 is 0 Å². The first-order valence-electron chi connectivity index (χ1n) is 6.95. The number of aromatic nitrogens is 1. The lowest BCUT2D eigenvalue weighted by Gasteiger charge is -2.19. The van der Waals surface area contributed by atoms with Gasteiger partial charge in [-0.05, 0) is 49.2 Å². The van der Waals surface area contributed by atoms with Gasteiger partial charge in [0.15, 0.2) is 0 Å². The predicted octanol–water partition coefficient (Wildman–Crippen LogP) is 3.69. The molecule has 1 aromatic carbocycles. The van der Waals surface area contributed by atoms with E-state index < -0.39 is 0 Å². The maximum Gasteiger partial charge on any atom is 0.255 e. The van der Waals surface area contributed by atoms with Crippen LogP contribution >= 0.6 is 0 Å². The van der Waals surface area contributed by atoms with Gasteiger partial charge in [-0.1, -0.05) is 13.0 Å². The molecule has 0 aliphatic carbocycles. The Bertz CT molecular complexity index is 726. The molecule has 2 rings (SSSR count). The van der Waals surface area contributed by atoms with E-state index in [1.54, 1.807) is 22.8 Å². The van der Waals surface area contributed by atoms with Crippen LogP contribution in [0.5, 0.6) is 0 Å². The van der Waals surface area contributed by atoms with Gasteiger partial charge in [0.1, 0.15) is 5.82 Å². The van der Waals surface area contributed by atoms with Crippen molar-refractivity contribution >= 4 is 0 Å². The van der Waals surface area contributed by atoms with Crippen molar-refractivity contribution in [2.24, 2.45) is 0 Å². The van der Waals surface area contributed by atoms with E-state index in [2.05, 4.69) is 0 Å². The van der Waals surface area contributed by atoms with E-state index in [1.165, 1.54) is 12.1 Å². The van der Waals surface area contributed by atoms with Crippen LogP contribution in [0.2, 0.25) is 0 Å². The summed E-state index contributed by atoms with van der Waals surface area (Å²) < 4.78 is 14.8. The van der Waals surface area contributed by atoms with Crippen LogP contribution in [0.15, 0.2) is 41.2 Å². The Morgan fingerprint density at radius 2 is 1.90 bits per heavy atom. The van der Waals surface area contributed by atoms with Crippen molar-refractivity contribution in [1.29, 1.82) is 5.26 Å². The van der Waals surface area contributed by atoms with Gasteiger partial charge < -0.3 is 4.57 Å². The van der Waals surface area contributed by atoms with Crippen molar-refractivity contribution in [3.63, 3.8) is 0 Å². The maximum absolute atomic E-state index is 13.1. The summed E-state index contributed by atoms with van der Waals surface area (Å²) in [6, 6.07) is 11.6. The van der Waals surface area contributed by atoms with Crippen LogP contribution in [-0.2, 0) is 6.42 Å². The molecule has 0 amide bonds. The average Bonchev–Trinajstić information content (AvgIpc) is 2.49. The number of hydrogen-bond acceptors (Lipinski definition) is 2. The molecule has 0 aliphatic heterocycles. The third-order valence-electron chi connectivity index (χ3n) is 3.64. The van der Waals surface area contributed by atoms with Gasteiger partial charge in [0.2, 0.25) is 0 Å². The molecule has 0 saturated carbocycles. The van der Waals surface area contributed by atoms with Crippen molar-refractivity contribution in [3.8, 4) is 17.3 Å². The zero-order valence-corrected chi connectivity index (χ0v) is 12.1. The molecule has 4 heteroatoms. The summed E-state index contributed by atoms with van der Waals surface area (Å²) in [5.74, 6) is -0.308. The first kappa shape index (κ1) is 15.0. The first-order chi connectivity index (χ1) is 10.1. The number of pyridine rings is 1. The molecule has 0 spiro atoms. The van der Waals surface area contributed by atoms with Crippen LogP contribution < -0.4 is 5.56 Å². The molecule has 1 heterocycles. The van der Waals surface area contributed by atoms with Crippen LogP contribution in [0.25, 0.3) is 11.3 Å². The third-order valence-corrected chi connectivity index (χ3v) is 3.64. The van der Waals surface area contributed by atoms with E-state index >= 15 is 0 Å². The van der Waals surface area contributed by atoms with Gasteiger partial charge in [-0.25, -0.2) is 4.39 Å². The summed E-state index contributed by atoms with van der Waals surface area (Å²) >= 11 is 0. The van der Waals surface area contributed by atoms with Crippen LogP contribution in [0.1, 0.15) is 31.9 Å². The molecule has 3 nitrogen and oxygen atoms in total. The topological polar surface area (TPSA) is 45.8 Å². The summed E-state index contributed by atoms with van der Waals surface area (Å²) in [7, 11) is 0. The van der Waals surface area contributed by atoms with E-state index in [4.69, 9.17) is 5.26 Å². The zero-order valence-electron chi connectivity index (χ0n) is 12.1. The molecular formula is C17H17FN2O. The van der Waals surface area contributed by atoms with Gasteiger partial charge in [0, 0.05) is 11.6 Å². The van der Waals surface area contributed by atoms with E-state index in [-0.39, 0.29) is 23.8 Å². The fourth-order valence-electron chi connectivity index (χ4n) is 2.29. The van der Waals surface area contributed by atoms with Crippen molar-refractivity contribution in [3.05, 3.63) is 58.1 Å². The number of halogens is 1.